The van der Waals surface area contributed by atoms with E-state index in [0.717, 1.165) is 25.7 Å². The zero-order valence-corrected chi connectivity index (χ0v) is 10.3. The lowest BCUT2D eigenvalue weighted by Crippen LogP contribution is -2.37. The first-order chi connectivity index (χ1) is 7.59. The monoisotopic (exact) mass is 249 g/mol. The summed E-state index contributed by atoms with van der Waals surface area (Å²) in [5.41, 5.74) is 0. The van der Waals surface area contributed by atoms with Crippen LogP contribution in [0.1, 0.15) is 39.0 Å². The number of rotatable bonds is 5. The molecule has 0 aliphatic heterocycles. The third-order valence-electron chi connectivity index (χ3n) is 2.79. The van der Waals surface area contributed by atoms with E-state index >= 15 is 0 Å². The Kier molecular flexibility index (Phi) is 5.94. The van der Waals surface area contributed by atoms with Crippen molar-refractivity contribution in [2.45, 2.75) is 45.1 Å². The third-order valence-corrected chi connectivity index (χ3v) is 3.28. The van der Waals surface area contributed by atoms with Crippen LogP contribution in [0, 0.1) is 5.92 Å². The molecule has 0 spiro atoms. The fourth-order valence-electron chi connectivity index (χ4n) is 1.93. The molecule has 6 heteroatoms. The summed E-state index contributed by atoms with van der Waals surface area (Å²) in [7, 11) is 0. The quantitative estimate of drug-likeness (QED) is 0.718. The molecule has 1 saturated carbocycles. The molecule has 0 saturated heterocycles. The predicted molar refractivity (Wildman–Crippen MR) is 60.9 cm³/mol. The molecule has 1 aliphatic rings. The fourth-order valence-corrected chi connectivity index (χ4v) is 2.28. The van der Waals surface area contributed by atoms with E-state index in [9.17, 15) is 9.00 Å². The van der Waals surface area contributed by atoms with Crippen molar-refractivity contribution in [2.75, 3.05) is 6.54 Å². The topological polar surface area (TPSA) is 75.6 Å². The van der Waals surface area contributed by atoms with E-state index in [1.54, 1.807) is 6.92 Å². The fraction of sp³-hybridized carbons (Fsp3) is 0.900. The third kappa shape index (κ3) is 5.05. The van der Waals surface area contributed by atoms with Crippen LogP contribution in [0.2, 0.25) is 0 Å². The molecule has 16 heavy (non-hydrogen) atoms. The van der Waals surface area contributed by atoms with Gasteiger partial charge in [-0.05, 0) is 19.8 Å². The summed E-state index contributed by atoms with van der Waals surface area (Å²) < 4.78 is 23.4. The summed E-state index contributed by atoms with van der Waals surface area (Å²) in [5.74, 6) is 0.152. The minimum Gasteiger partial charge on any atom is -0.353 e. The molecule has 94 valence electrons. The van der Waals surface area contributed by atoms with Crippen molar-refractivity contribution < 1.29 is 17.7 Å². The maximum absolute atomic E-state index is 11.7. The van der Waals surface area contributed by atoms with Gasteiger partial charge in [-0.15, -0.1) is 0 Å². The number of hydrogen-bond acceptors (Lipinski definition) is 3. The Balaban J connectivity index is 2.20. The van der Waals surface area contributed by atoms with E-state index < -0.39 is 17.5 Å². The molecular weight excluding hydrogens is 230 g/mol. The second-order valence-corrected chi connectivity index (χ2v) is 4.83. The van der Waals surface area contributed by atoms with Gasteiger partial charge in [-0.2, -0.15) is 4.21 Å². The summed E-state index contributed by atoms with van der Waals surface area (Å²) in [4.78, 5) is 11.7. The normalized spacial score (nSPS) is 21.4. The van der Waals surface area contributed by atoms with E-state index in [-0.39, 0.29) is 18.4 Å². The van der Waals surface area contributed by atoms with Crippen molar-refractivity contribution >= 4 is 17.3 Å². The lowest BCUT2D eigenvalue weighted by molar-refractivity contribution is -0.126. The molecule has 0 radical (unpaired) electrons. The molecule has 2 unspecified atom stereocenters. The molecule has 0 heterocycles. The van der Waals surface area contributed by atoms with Crippen molar-refractivity contribution in [1.82, 2.24) is 5.32 Å². The van der Waals surface area contributed by atoms with Crippen LogP contribution in [0.3, 0.4) is 0 Å². The lowest BCUT2D eigenvalue weighted by Gasteiger charge is -2.21. The van der Waals surface area contributed by atoms with Gasteiger partial charge in [0, 0.05) is 12.5 Å². The molecule has 2 N–H and O–H groups in total. The van der Waals surface area contributed by atoms with Gasteiger partial charge in [0.15, 0.2) is 0 Å². The van der Waals surface area contributed by atoms with Gasteiger partial charge in [-0.1, -0.05) is 19.3 Å². The highest BCUT2D eigenvalue weighted by Crippen LogP contribution is 2.23. The Morgan fingerprint density at radius 3 is 2.69 bits per heavy atom. The smallest absolute Gasteiger partial charge is 0.302 e. The maximum atomic E-state index is 11.7. The van der Waals surface area contributed by atoms with Crippen LogP contribution in [0.25, 0.3) is 0 Å². The van der Waals surface area contributed by atoms with Gasteiger partial charge in [0.25, 0.3) is 0 Å². The van der Waals surface area contributed by atoms with Crippen LogP contribution in [0.5, 0.6) is 0 Å². The van der Waals surface area contributed by atoms with Gasteiger partial charge in [0.05, 0.1) is 6.10 Å². The van der Waals surface area contributed by atoms with Crippen molar-refractivity contribution in [3.8, 4) is 0 Å². The molecule has 0 bridgehead atoms. The standard InChI is InChI=1S/C10H19NO4S/c1-8(15-16(13)14)7-11-10(12)9-5-3-2-4-6-9/h8-9H,2-7H2,1H3,(H,11,12)(H,13,14). The van der Waals surface area contributed by atoms with E-state index in [4.69, 9.17) is 4.55 Å². The van der Waals surface area contributed by atoms with Crippen LogP contribution in [0.15, 0.2) is 0 Å². The molecule has 0 aromatic carbocycles. The van der Waals surface area contributed by atoms with Crippen LogP contribution < -0.4 is 5.32 Å². The second kappa shape index (κ2) is 6.98. The maximum Gasteiger partial charge on any atom is 0.302 e. The van der Waals surface area contributed by atoms with Crippen LogP contribution in [-0.4, -0.2) is 27.3 Å². The highest BCUT2D eigenvalue weighted by atomic mass is 32.2. The zero-order valence-electron chi connectivity index (χ0n) is 9.48. The van der Waals surface area contributed by atoms with Gasteiger partial charge in [-0.25, -0.2) is 0 Å². The lowest BCUT2D eigenvalue weighted by atomic mass is 9.89. The van der Waals surface area contributed by atoms with Gasteiger partial charge in [0.1, 0.15) is 0 Å². The summed E-state index contributed by atoms with van der Waals surface area (Å²) in [6.45, 7) is 1.93. The Labute approximate surface area is 98.4 Å². The highest BCUT2D eigenvalue weighted by Gasteiger charge is 2.21. The first-order valence-electron chi connectivity index (χ1n) is 5.65. The van der Waals surface area contributed by atoms with Gasteiger partial charge < -0.3 is 5.32 Å². The Hall–Kier alpha value is -0.460. The van der Waals surface area contributed by atoms with Crippen LogP contribution in [0.4, 0.5) is 0 Å². The molecule has 0 aromatic heterocycles. The second-order valence-electron chi connectivity index (χ2n) is 4.20. The summed E-state index contributed by atoms with van der Waals surface area (Å²) in [5, 5.41) is 2.75. The number of hydrogen-bond donors (Lipinski definition) is 2. The van der Waals surface area contributed by atoms with Crippen molar-refractivity contribution in [3.05, 3.63) is 0 Å². The number of carbonyl (C=O) groups is 1. The molecule has 5 nitrogen and oxygen atoms in total. The average molecular weight is 249 g/mol. The Morgan fingerprint density at radius 2 is 2.12 bits per heavy atom. The van der Waals surface area contributed by atoms with E-state index in [1.165, 1.54) is 6.42 Å². The first kappa shape index (κ1) is 13.6. The minimum absolute atomic E-state index is 0.0406. The number of nitrogens with one attached hydrogen (secondary N) is 1. The molecule has 1 fully saturated rings. The van der Waals surface area contributed by atoms with Gasteiger partial charge in [0.2, 0.25) is 5.91 Å². The molecular formula is C10H19NO4S. The highest BCUT2D eigenvalue weighted by molar-refractivity contribution is 7.74. The van der Waals surface area contributed by atoms with Crippen molar-refractivity contribution in [3.63, 3.8) is 0 Å². The zero-order chi connectivity index (χ0) is 12.0. The molecule has 1 amide bonds. The molecule has 1 aliphatic carbocycles. The van der Waals surface area contributed by atoms with E-state index in [2.05, 4.69) is 9.50 Å². The Morgan fingerprint density at radius 1 is 1.50 bits per heavy atom. The van der Waals surface area contributed by atoms with Crippen molar-refractivity contribution in [2.24, 2.45) is 5.92 Å². The van der Waals surface area contributed by atoms with Crippen LogP contribution in [-0.2, 0) is 20.3 Å². The minimum atomic E-state index is -2.27. The van der Waals surface area contributed by atoms with Crippen LogP contribution >= 0.6 is 0 Å². The van der Waals surface area contributed by atoms with Gasteiger partial charge in [-0.3, -0.25) is 13.5 Å². The number of amides is 1. The largest absolute Gasteiger partial charge is 0.353 e. The summed E-state index contributed by atoms with van der Waals surface area (Å²) in [6, 6.07) is 0. The molecule has 1 rings (SSSR count). The summed E-state index contributed by atoms with van der Waals surface area (Å²) >= 11 is -2.27. The average Bonchev–Trinajstić information content (AvgIpc) is 2.26. The molecule has 2 atom stereocenters. The Bertz CT molecular complexity index is 253. The predicted octanol–water partition coefficient (Wildman–Crippen LogP) is 1.22. The summed E-state index contributed by atoms with van der Waals surface area (Å²) in [6.07, 6.45) is 4.90. The first-order valence-corrected chi connectivity index (χ1v) is 6.68. The van der Waals surface area contributed by atoms with Gasteiger partial charge >= 0.3 is 11.4 Å². The molecule has 0 aromatic rings. The van der Waals surface area contributed by atoms with E-state index in [1.807, 2.05) is 0 Å². The number of carbonyl (C=O) groups excluding carboxylic acids is 1. The van der Waals surface area contributed by atoms with E-state index in [0.29, 0.717) is 0 Å². The van der Waals surface area contributed by atoms with Crippen molar-refractivity contribution in [1.29, 1.82) is 0 Å². The SMILES string of the molecule is CC(CNC(=O)C1CCCCC1)OS(=O)O.